The summed E-state index contributed by atoms with van der Waals surface area (Å²) in [5, 5.41) is 4.68. The number of benzene rings is 9. The average molecular weight is 807 g/mol. The van der Waals surface area contributed by atoms with E-state index in [1.54, 1.807) is 0 Å². The van der Waals surface area contributed by atoms with Gasteiger partial charge < -0.3 is 9.13 Å². The SMILES string of the molecule is C=C(N=C(N=C(C)c1ccccc1)c1cccc2c3cccc(-c4ccc5c(c4)c4cc(-c6ccccc6)ccc4n5-c4ccccc4)c3n(-c3ccccc3)c12)c1ccccc1. The predicted octanol–water partition coefficient (Wildman–Crippen LogP) is 15.1. The lowest BCUT2D eigenvalue weighted by Gasteiger charge is -2.14. The molecule has 2 heterocycles. The fourth-order valence-corrected chi connectivity index (χ4v) is 9.09. The molecule has 4 heteroatoms. The maximum Gasteiger partial charge on any atom is 0.162 e. The molecule has 0 aliphatic carbocycles. The number of hydrogen-bond donors (Lipinski definition) is 0. The molecule has 63 heavy (non-hydrogen) atoms. The predicted molar refractivity (Wildman–Crippen MR) is 267 cm³/mol. The van der Waals surface area contributed by atoms with Gasteiger partial charge in [-0.05, 0) is 89.3 Å². The summed E-state index contributed by atoms with van der Waals surface area (Å²) in [5.41, 5.74) is 15.7. The van der Waals surface area contributed by atoms with Crippen LogP contribution in [0.25, 0.3) is 82.9 Å². The van der Waals surface area contributed by atoms with Gasteiger partial charge >= 0.3 is 0 Å². The minimum atomic E-state index is 0.599. The standard InChI is InChI=1S/C59H42N4/c1-40(42-20-8-3-9-21-42)60-59(61-41(2)43-22-10-4-11-23-43)52-33-19-32-51-50-31-18-30-49(57(50)63(58(51)52)48-28-16-7-17-29-48)46-35-37-56-54(39-46)53-38-45(44-24-12-5-13-25-44)34-36-55(53)62(56)47-26-14-6-15-27-47/h3-39H,1H2,2H3. The highest BCUT2D eigenvalue weighted by Crippen LogP contribution is 2.42. The van der Waals surface area contributed by atoms with Crippen molar-refractivity contribution < 1.29 is 0 Å². The van der Waals surface area contributed by atoms with Crippen LogP contribution in [-0.4, -0.2) is 20.7 Å². The summed E-state index contributed by atoms with van der Waals surface area (Å²) in [6.07, 6.45) is 0. The third-order valence-electron chi connectivity index (χ3n) is 12.1. The molecule has 0 bridgehead atoms. The van der Waals surface area contributed by atoms with Crippen molar-refractivity contribution in [3.63, 3.8) is 0 Å². The molecule has 298 valence electrons. The second-order valence-electron chi connectivity index (χ2n) is 15.9. The number of fused-ring (bicyclic) bond motifs is 6. The molecule has 0 aliphatic rings. The smallest absolute Gasteiger partial charge is 0.162 e. The van der Waals surface area contributed by atoms with E-state index in [-0.39, 0.29) is 0 Å². The summed E-state index contributed by atoms with van der Waals surface area (Å²) in [4.78, 5) is 10.6. The Balaban J connectivity index is 1.19. The van der Waals surface area contributed by atoms with Crippen LogP contribution in [0.15, 0.2) is 241 Å². The number of hydrogen-bond acceptors (Lipinski definition) is 1. The molecule has 0 atom stereocenters. The molecule has 11 aromatic rings. The Morgan fingerprint density at radius 3 is 1.54 bits per heavy atom. The zero-order chi connectivity index (χ0) is 42.3. The van der Waals surface area contributed by atoms with Crippen molar-refractivity contribution in [2.24, 2.45) is 9.98 Å². The molecule has 0 unspecified atom stereocenters. The molecule has 0 saturated heterocycles. The van der Waals surface area contributed by atoms with Crippen LogP contribution in [0.2, 0.25) is 0 Å². The number of aromatic nitrogens is 2. The molecule has 0 N–H and O–H groups in total. The van der Waals surface area contributed by atoms with Crippen molar-refractivity contribution in [2.45, 2.75) is 6.92 Å². The molecule has 2 aromatic heterocycles. The lowest BCUT2D eigenvalue weighted by molar-refractivity contribution is 1.18. The monoisotopic (exact) mass is 806 g/mol. The lowest BCUT2D eigenvalue weighted by atomic mass is 9.98. The van der Waals surface area contributed by atoms with E-state index in [1.807, 2.05) is 48.5 Å². The zero-order valence-electron chi connectivity index (χ0n) is 34.9. The third-order valence-corrected chi connectivity index (χ3v) is 12.1. The van der Waals surface area contributed by atoms with Gasteiger partial charge in [0.25, 0.3) is 0 Å². The van der Waals surface area contributed by atoms with Crippen LogP contribution in [-0.2, 0) is 0 Å². The summed E-state index contributed by atoms with van der Waals surface area (Å²) in [6.45, 7) is 6.50. The Hall–Kier alpha value is -8.34. The highest BCUT2D eigenvalue weighted by molar-refractivity contribution is 6.23. The molecule has 0 aliphatic heterocycles. The van der Waals surface area contributed by atoms with E-state index in [1.165, 1.54) is 27.4 Å². The Labute approximate surface area is 366 Å². The van der Waals surface area contributed by atoms with Gasteiger partial charge in [-0.1, -0.05) is 176 Å². The van der Waals surface area contributed by atoms with Crippen LogP contribution in [0, 0.1) is 0 Å². The van der Waals surface area contributed by atoms with Crippen molar-refractivity contribution >= 4 is 60.9 Å². The average Bonchev–Trinajstić information content (AvgIpc) is 3.87. The molecule has 0 radical (unpaired) electrons. The third kappa shape index (κ3) is 6.75. The lowest BCUT2D eigenvalue weighted by Crippen LogP contribution is -2.07. The van der Waals surface area contributed by atoms with E-state index in [9.17, 15) is 0 Å². The molecule has 4 nitrogen and oxygen atoms in total. The van der Waals surface area contributed by atoms with Crippen molar-refractivity contribution in [3.8, 4) is 33.6 Å². The first-order valence-electron chi connectivity index (χ1n) is 21.4. The number of aliphatic imine (C=N–C) groups is 2. The van der Waals surface area contributed by atoms with E-state index in [0.29, 0.717) is 11.5 Å². The summed E-state index contributed by atoms with van der Waals surface area (Å²) < 4.78 is 4.80. The molecule has 0 saturated carbocycles. The van der Waals surface area contributed by atoms with Gasteiger partial charge in [0, 0.05) is 49.8 Å². The first kappa shape index (κ1) is 37.6. The van der Waals surface area contributed by atoms with E-state index in [2.05, 4.69) is 199 Å². The van der Waals surface area contributed by atoms with Crippen LogP contribution in [0.5, 0.6) is 0 Å². The second-order valence-corrected chi connectivity index (χ2v) is 15.9. The van der Waals surface area contributed by atoms with Crippen LogP contribution in [0.4, 0.5) is 0 Å². The van der Waals surface area contributed by atoms with Crippen LogP contribution in [0.1, 0.15) is 23.6 Å². The van der Waals surface area contributed by atoms with Gasteiger partial charge in [0.15, 0.2) is 5.84 Å². The van der Waals surface area contributed by atoms with Gasteiger partial charge in [0.1, 0.15) is 0 Å². The van der Waals surface area contributed by atoms with Gasteiger partial charge in [-0.2, -0.15) is 0 Å². The van der Waals surface area contributed by atoms with Crippen molar-refractivity contribution in [2.75, 3.05) is 0 Å². The maximum atomic E-state index is 5.33. The van der Waals surface area contributed by atoms with Crippen LogP contribution < -0.4 is 0 Å². The Morgan fingerprint density at radius 2 is 0.905 bits per heavy atom. The Morgan fingerprint density at radius 1 is 0.397 bits per heavy atom. The normalized spacial score (nSPS) is 12.1. The Kier molecular flexibility index (Phi) is 9.52. The summed E-state index contributed by atoms with van der Waals surface area (Å²) in [7, 11) is 0. The minimum absolute atomic E-state index is 0.599. The molecule has 0 fully saturated rings. The zero-order valence-corrected chi connectivity index (χ0v) is 34.9. The van der Waals surface area contributed by atoms with Gasteiger partial charge in [-0.3, -0.25) is 0 Å². The highest BCUT2D eigenvalue weighted by Gasteiger charge is 2.22. The number of rotatable bonds is 8. The highest BCUT2D eigenvalue weighted by atomic mass is 15.0. The molecule has 0 amide bonds. The van der Waals surface area contributed by atoms with Gasteiger partial charge in [-0.25, -0.2) is 9.98 Å². The molecule has 0 spiro atoms. The number of nitrogens with zero attached hydrogens (tertiary/aromatic N) is 4. The maximum absolute atomic E-state index is 5.33. The summed E-state index contributed by atoms with van der Waals surface area (Å²) in [6, 6.07) is 79.4. The number of amidine groups is 1. The molecule has 11 rings (SSSR count). The second kappa shape index (κ2) is 15.9. The minimum Gasteiger partial charge on any atom is -0.309 e. The van der Waals surface area contributed by atoms with Crippen molar-refractivity contribution in [1.29, 1.82) is 0 Å². The topological polar surface area (TPSA) is 34.6 Å². The van der Waals surface area contributed by atoms with E-state index < -0.39 is 0 Å². The summed E-state index contributed by atoms with van der Waals surface area (Å²) in [5.74, 6) is 0.599. The van der Waals surface area contributed by atoms with E-state index in [4.69, 9.17) is 9.98 Å². The largest absolute Gasteiger partial charge is 0.309 e. The summed E-state index contributed by atoms with van der Waals surface area (Å²) >= 11 is 0. The first-order chi connectivity index (χ1) is 31.1. The van der Waals surface area contributed by atoms with Gasteiger partial charge in [0.05, 0.1) is 27.8 Å². The molecule has 9 aromatic carbocycles. The first-order valence-corrected chi connectivity index (χ1v) is 21.4. The van der Waals surface area contributed by atoms with Crippen molar-refractivity contribution in [3.05, 3.63) is 248 Å². The Bertz CT molecular complexity index is 3540. The van der Waals surface area contributed by atoms with Gasteiger partial charge in [0.2, 0.25) is 0 Å². The van der Waals surface area contributed by atoms with Gasteiger partial charge in [-0.15, -0.1) is 0 Å². The van der Waals surface area contributed by atoms with Crippen LogP contribution >= 0.6 is 0 Å². The van der Waals surface area contributed by atoms with E-state index >= 15 is 0 Å². The fourth-order valence-electron chi connectivity index (χ4n) is 9.09. The quantitative estimate of drug-likeness (QED) is 0.108. The fraction of sp³-hybridized carbons (Fsp3) is 0.0169. The van der Waals surface area contributed by atoms with Crippen LogP contribution in [0.3, 0.4) is 0 Å². The van der Waals surface area contributed by atoms with Crippen molar-refractivity contribution in [1.82, 2.24) is 9.13 Å². The molecular formula is C59H42N4. The van der Waals surface area contributed by atoms with E-state index in [0.717, 1.165) is 72.2 Å². The number of para-hydroxylation sites is 4. The molecular weight excluding hydrogens is 765 g/mol.